The highest BCUT2D eigenvalue weighted by molar-refractivity contribution is 6.00. The van der Waals surface area contributed by atoms with Crippen LogP contribution in [0.3, 0.4) is 0 Å². The summed E-state index contributed by atoms with van der Waals surface area (Å²) in [6, 6.07) is 8.76. The Bertz CT molecular complexity index is 466. The predicted molar refractivity (Wildman–Crippen MR) is 72.8 cm³/mol. The van der Waals surface area contributed by atoms with Crippen molar-refractivity contribution in [1.82, 2.24) is 4.90 Å². The Morgan fingerprint density at radius 1 is 1.28 bits per heavy atom. The van der Waals surface area contributed by atoms with Crippen LogP contribution in [0.2, 0.25) is 0 Å². The number of ketones is 1. The van der Waals surface area contributed by atoms with Gasteiger partial charge in [-0.3, -0.25) is 4.79 Å². The summed E-state index contributed by atoms with van der Waals surface area (Å²) in [7, 11) is 0. The van der Waals surface area contributed by atoms with E-state index in [1.165, 1.54) is 5.56 Å². The molecule has 0 bridgehead atoms. The third-order valence-electron chi connectivity index (χ3n) is 4.60. The van der Waals surface area contributed by atoms with Gasteiger partial charge >= 0.3 is 0 Å². The first kappa shape index (κ1) is 11.9. The van der Waals surface area contributed by atoms with Crippen molar-refractivity contribution in [3.05, 3.63) is 35.4 Å². The van der Waals surface area contributed by atoms with Gasteiger partial charge in [-0.1, -0.05) is 24.3 Å². The molecule has 2 nitrogen and oxygen atoms in total. The highest BCUT2D eigenvalue weighted by Gasteiger charge is 2.39. The van der Waals surface area contributed by atoms with Gasteiger partial charge in [0.05, 0.1) is 0 Å². The molecule has 1 heterocycles. The SMILES string of the molecule is CC(C)N1CCC2C(=O)c3ccccc3CC2C1. The molecule has 0 aromatic heterocycles. The molecule has 0 amide bonds. The second-order valence-electron chi connectivity index (χ2n) is 5.97. The normalized spacial score (nSPS) is 28.1. The standard InChI is InChI=1S/C16H21NO/c1-11(2)17-8-7-15-13(10-17)9-12-5-3-4-6-14(12)16(15)18/h3-6,11,13,15H,7-10H2,1-2H3. The van der Waals surface area contributed by atoms with Crippen LogP contribution in [0, 0.1) is 11.8 Å². The summed E-state index contributed by atoms with van der Waals surface area (Å²) in [4.78, 5) is 15.0. The lowest BCUT2D eigenvalue weighted by molar-refractivity contribution is 0.0605. The van der Waals surface area contributed by atoms with Crippen molar-refractivity contribution in [3.63, 3.8) is 0 Å². The minimum absolute atomic E-state index is 0.273. The number of piperidine rings is 1. The third-order valence-corrected chi connectivity index (χ3v) is 4.60. The van der Waals surface area contributed by atoms with Crippen LogP contribution in [0.25, 0.3) is 0 Å². The molecule has 2 unspecified atom stereocenters. The number of carbonyl (C=O) groups excluding carboxylic acids is 1. The van der Waals surface area contributed by atoms with Crippen LogP contribution in [0.15, 0.2) is 24.3 Å². The first-order valence-corrected chi connectivity index (χ1v) is 7.03. The monoisotopic (exact) mass is 243 g/mol. The van der Waals surface area contributed by atoms with Gasteiger partial charge in [0.1, 0.15) is 0 Å². The van der Waals surface area contributed by atoms with Gasteiger partial charge in [0.2, 0.25) is 0 Å². The minimum atomic E-state index is 0.273. The van der Waals surface area contributed by atoms with Gasteiger partial charge < -0.3 is 4.90 Å². The van der Waals surface area contributed by atoms with Crippen LogP contribution < -0.4 is 0 Å². The van der Waals surface area contributed by atoms with E-state index in [1.54, 1.807) is 0 Å². The van der Waals surface area contributed by atoms with E-state index in [0.717, 1.165) is 31.5 Å². The fourth-order valence-electron chi connectivity index (χ4n) is 3.50. The lowest BCUT2D eigenvalue weighted by Gasteiger charge is -2.42. The van der Waals surface area contributed by atoms with E-state index in [1.807, 2.05) is 12.1 Å². The molecule has 0 saturated carbocycles. The quantitative estimate of drug-likeness (QED) is 0.756. The number of likely N-dealkylation sites (tertiary alicyclic amines) is 1. The molecular formula is C16H21NO. The highest BCUT2D eigenvalue weighted by atomic mass is 16.1. The summed E-state index contributed by atoms with van der Waals surface area (Å²) < 4.78 is 0. The van der Waals surface area contributed by atoms with E-state index in [9.17, 15) is 4.79 Å². The Morgan fingerprint density at radius 3 is 2.83 bits per heavy atom. The Labute approximate surface area is 109 Å². The predicted octanol–water partition coefficient (Wildman–Crippen LogP) is 2.77. The zero-order valence-electron chi connectivity index (χ0n) is 11.2. The van der Waals surface area contributed by atoms with Gasteiger partial charge in [0, 0.05) is 24.1 Å². The Morgan fingerprint density at radius 2 is 2.06 bits per heavy atom. The molecule has 0 spiro atoms. The van der Waals surface area contributed by atoms with Crippen LogP contribution in [0.1, 0.15) is 36.2 Å². The van der Waals surface area contributed by atoms with Crippen molar-refractivity contribution >= 4 is 5.78 Å². The molecule has 2 atom stereocenters. The van der Waals surface area contributed by atoms with Crippen molar-refractivity contribution in [3.8, 4) is 0 Å². The van der Waals surface area contributed by atoms with Gasteiger partial charge in [-0.15, -0.1) is 0 Å². The number of carbonyl (C=O) groups is 1. The topological polar surface area (TPSA) is 20.3 Å². The van der Waals surface area contributed by atoms with Gasteiger partial charge in [0.25, 0.3) is 0 Å². The minimum Gasteiger partial charge on any atom is -0.301 e. The molecule has 2 aliphatic rings. The Hall–Kier alpha value is -1.15. The summed E-state index contributed by atoms with van der Waals surface area (Å²) in [5, 5.41) is 0. The van der Waals surface area contributed by atoms with Crippen LogP contribution >= 0.6 is 0 Å². The molecule has 3 rings (SSSR count). The second-order valence-corrected chi connectivity index (χ2v) is 5.97. The second kappa shape index (κ2) is 4.51. The van der Waals surface area contributed by atoms with Crippen molar-refractivity contribution in [2.24, 2.45) is 11.8 Å². The Kier molecular flexibility index (Phi) is 2.98. The van der Waals surface area contributed by atoms with Gasteiger partial charge in [-0.2, -0.15) is 0 Å². The van der Waals surface area contributed by atoms with E-state index in [2.05, 4.69) is 30.9 Å². The summed E-state index contributed by atoms with van der Waals surface area (Å²) >= 11 is 0. The summed E-state index contributed by atoms with van der Waals surface area (Å²) in [6.07, 6.45) is 2.12. The number of benzene rings is 1. The maximum absolute atomic E-state index is 12.5. The Balaban J connectivity index is 1.88. The number of rotatable bonds is 1. The van der Waals surface area contributed by atoms with E-state index in [-0.39, 0.29) is 5.92 Å². The molecule has 1 aliphatic heterocycles. The first-order chi connectivity index (χ1) is 8.66. The smallest absolute Gasteiger partial charge is 0.166 e. The van der Waals surface area contributed by atoms with Crippen LogP contribution in [0.5, 0.6) is 0 Å². The van der Waals surface area contributed by atoms with E-state index in [4.69, 9.17) is 0 Å². The van der Waals surface area contributed by atoms with E-state index < -0.39 is 0 Å². The molecular weight excluding hydrogens is 222 g/mol. The first-order valence-electron chi connectivity index (χ1n) is 7.03. The number of hydrogen-bond acceptors (Lipinski definition) is 2. The van der Waals surface area contributed by atoms with Gasteiger partial charge in [0.15, 0.2) is 5.78 Å². The van der Waals surface area contributed by atoms with E-state index >= 15 is 0 Å². The lowest BCUT2D eigenvalue weighted by atomic mass is 9.71. The fraction of sp³-hybridized carbons (Fsp3) is 0.562. The maximum Gasteiger partial charge on any atom is 0.166 e. The molecule has 1 aromatic rings. The average Bonchev–Trinajstić information content (AvgIpc) is 2.38. The molecule has 1 aromatic carbocycles. The number of hydrogen-bond donors (Lipinski definition) is 0. The molecule has 2 heteroatoms. The van der Waals surface area contributed by atoms with Crippen molar-refractivity contribution in [1.29, 1.82) is 0 Å². The summed E-state index contributed by atoms with van der Waals surface area (Å²) in [6.45, 7) is 6.66. The number of nitrogens with zero attached hydrogens (tertiary/aromatic N) is 1. The number of Topliss-reactive ketones (excluding diaryl/α,β-unsaturated/α-hetero) is 1. The van der Waals surface area contributed by atoms with Crippen LogP contribution in [-0.4, -0.2) is 29.8 Å². The van der Waals surface area contributed by atoms with Crippen molar-refractivity contribution in [2.45, 2.75) is 32.7 Å². The van der Waals surface area contributed by atoms with Gasteiger partial charge in [-0.25, -0.2) is 0 Å². The molecule has 1 fully saturated rings. The summed E-state index contributed by atoms with van der Waals surface area (Å²) in [5.74, 6) is 1.20. The molecule has 1 saturated heterocycles. The van der Waals surface area contributed by atoms with E-state index in [0.29, 0.717) is 17.7 Å². The molecule has 96 valence electrons. The zero-order valence-corrected chi connectivity index (χ0v) is 11.2. The fourth-order valence-corrected chi connectivity index (χ4v) is 3.50. The van der Waals surface area contributed by atoms with Gasteiger partial charge in [-0.05, 0) is 44.7 Å². The summed E-state index contributed by atoms with van der Waals surface area (Å²) in [5.41, 5.74) is 2.24. The third kappa shape index (κ3) is 1.89. The van der Waals surface area contributed by atoms with Crippen molar-refractivity contribution in [2.75, 3.05) is 13.1 Å². The van der Waals surface area contributed by atoms with Crippen LogP contribution in [-0.2, 0) is 6.42 Å². The average molecular weight is 243 g/mol. The molecule has 0 radical (unpaired) electrons. The highest BCUT2D eigenvalue weighted by Crippen LogP contribution is 2.36. The zero-order chi connectivity index (χ0) is 12.7. The van der Waals surface area contributed by atoms with Crippen LogP contribution in [0.4, 0.5) is 0 Å². The van der Waals surface area contributed by atoms with Crippen molar-refractivity contribution < 1.29 is 4.79 Å². The maximum atomic E-state index is 12.5. The molecule has 18 heavy (non-hydrogen) atoms. The molecule has 1 aliphatic carbocycles. The number of fused-ring (bicyclic) bond motifs is 2. The lowest BCUT2D eigenvalue weighted by Crippen LogP contribution is -2.48. The molecule has 0 N–H and O–H groups in total. The largest absolute Gasteiger partial charge is 0.301 e.